The van der Waals surface area contributed by atoms with Crippen molar-refractivity contribution >= 4 is 17.7 Å². The molecule has 0 spiro atoms. The van der Waals surface area contributed by atoms with Crippen LogP contribution in [0, 0.1) is 0 Å². The Labute approximate surface area is 115 Å². The lowest BCUT2D eigenvalue weighted by molar-refractivity contribution is -0.123. The Morgan fingerprint density at radius 2 is 2.22 bits per heavy atom. The maximum Gasteiger partial charge on any atom is 0.222 e. The fourth-order valence-corrected chi connectivity index (χ4v) is 3.50. The smallest absolute Gasteiger partial charge is 0.222 e. The zero-order valence-electron chi connectivity index (χ0n) is 12.0. The first-order valence-corrected chi connectivity index (χ1v) is 7.79. The Hall–Kier alpha value is -0.260. The summed E-state index contributed by atoms with van der Waals surface area (Å²) >= 11 is 1.98. The maximum atomic E-state index is 11.9. The molecule has 0 aliphatic carbocycles. The molecule has 1 aliphatic heterocycles. The van der Waals surface area contributed by atoms with Crippen molar-refractivity contribution in [1.29, 1.82) is 0 Å². The van der Waals surface area contributed by atoms with Crippen molar-refractivity contribution in [3.05, 3.63) is 0 Å². The van der Waals surface area contributed by atoms with Crippen LogP contribution in [0.4, 0.5) is 0 Å². The van der Waals surface area contributed by atoms with Gasteiger partial charge in [0, 0.05) is 36.3 Å². The van der Waals surface area contributed by atoms with E-state index in [9.17, 15) is 4.79 Å². The highest BCUT2D eigenvalue weighted by atomic mass is 32.2. The van der Waals surface area contributed by atoms with Crippen molar-refractivity contribution in [1.82, 2.24) is 10.2 Å². The summed E-state index contributed by atoms with van der Waals surface area (Å²) in [6.07, 6.45) is 1.70. The van der Waals surface area contributed by atoms with Gasteiger partial charge in [0.25, 0.3) is 0 Å². The van der Waals surface area contributed by atoms with E-state index in [1.807, 2.05) is 32.5 Å². The SMILES string of the molecule is CN(C1CCSC1)C(CN)CC(=O)NC(C)(C)C. The Morgan fingerprint density at radius 1 is 1.56 bits per heavy atom. The van der Waals surface area contributed by atoms with E-state index in [2.05, 4.69) is 17.3 Å². The molecule has 2 unspecified atom stereocenters. The van der Waals surface area contributed by atoms with Crippen LogP contribution < -0.4 is 11.1 Å². The van der Waals surface area contributed by atoms with E-state index >= 15 is 0 Å². The summed E-state index contributed by atoms with van der Waals surface area (Å²) in [6.45, 7) is 6.54. The number of nitrogens with zero attached hydrogens (tertiary/aromatic N) is 1. The van der Waals surface area contributed by atoms with Crippen LogP contribution in [-0.4, -0.2) is 53.5 Å². The third kappa shape index (κ3) is 5.16. The van der Waals surface area contributed by atoms with E-state index in [0.29, 0.717) is 19.0 Å². The second kappa shape index (κ2) is 6.78. The molecular weight excluding hydrogens is 246 g/mol. The van der Waals surface area contributed by atoms with Gasteiger partial charge in [-0.15, -0.1) is 0 Å². The van der Waals surface area contributed by atoms with Crippen molar-refractivity contribution in [3.63, 3.8) is 0 Å². The highest BCUT2D eigenvalue weighted by Gasteiger charge is 2.27. The van der Waals surface area contributed by atoms with E-state index < -0.39 is 0 Å². The summed E-state index contributed by atoms with van der Waals surface area (Å²) in [5, 5.41) is 3.00. The van der Waals surface area contributed by atoms with Crippen molar-refractivity contribution in [3.8, 4) is 0 Å². The molecule has 3 N–H and O–H groups in total. The van der Waals surface area contributed by atoms with Crippen LogP contribution in [0.5, 0.6) is 0 Å². The van der Waals surface area contributed by atoms with Gasteiger partial charge >= 0.3 is 0 Å². The lowest BCUT2D eigenvalue weighted by Crippen LogP contribution is -2.49. The molecule has 1 rings (SSSR count). The zero-order chi connectivity index (χ0) is 13.8. The van der Waals surface area contributed by atoms with Crippen LogP contribution in [0.1, 0.15) is 33.6 Å². The number of hydrogen-bond acceptors (Lipinski definition) is 4. The van der Waals surface area contributed by atoms with Crippen LogP contribution in [0.3, 0.4) is 0 Å². The van der Waals surface area contributed by atoms with Gasteiger partial charge < -0.3 is 11.1 Å². The van der Waals surface area contributed by atoms with Gasteiger partial charge in [-0.3, -0.25) is 9.69 Å². The minimum atomic E-state index is -0.169. The number of likely N-dealkylation sites (N-methyl/N-ethyl adjacent to an activating group) is 1. The largest absolute Gasteiger partial charge is 0.351 e. The Morgan fingerprint density at radius 3 is 2.67 bits per heavy atom. The summed E-state index contributed by atoms with van der Waals surface area (Å²) < 4.78 is 0. The molecule has 0 radical (unpaired) electrons. The molecule has 1 heterocycles. The van der Waals surface area contributed by atoms with Crippen LogP contribution in [-0.2, 0) is 4.79 Å². The second-order valence-electron chi connectivity index (χ2n) is 6.07. The molecule has 4 nitrogen and oxygen atoms in total. The first-order chi connectivity index (χ1) is 8.33. The lowest BCUT2D eigenvalue weighted by atomic mass is 10.1. The molecule has 18 heavy (non-hydrogen) atoms. The van der Waals surface area contributed by atoms with Crippen LogP contribution in [0.15, 0.2) is 0 Å². The molecule has 0 saturated carbocycles. The van der Waals surface area contributed by atoms with Crippen molar-refractivity contribution in [2.45, 2.75) is 51.2 Å². The van der Waals surface area contributed by atoms with Crippen LogP contribution in [0.2, 0.25) is 0 Å². The summed E-state index contributed by atoms with van der Waals surface area (Å²) in [6, 6.07) is 0.724. The molecule has 1 amide bonds. The third-order valence-corrected chi connectivity index (χ3v) is 4.41. The summed E-state index contributed by atoms with van der Waals surface area (Å²) in [4.78, 5) is 14.2. The van der Waals surface area contributed by atoms with E-state index in [0.717, 1.165) is 5.75 Å². The number of amides is 1. The van der Waals surface area contributed by atoms with Crippen molar-refractivity contribution in [2.75, 3.05) is 25.1 Å². The van der Waals surface area contributed by atoms with Gasteiger partial charge in [0.2, 0.25) is 5.91 Å². The molecular formula is C13H27N3OS. The standard InChI is InChI=1S/C13H27N3OS/c1-13(2,3)15-12(17)7-11(8-14)16(4)10-5-6-18-9-10/h10-11H,5-9,14H2,1-4H3,(H,15,17). The first-order valence-electron chi connectivity index (χ1n) is 6.64. The number of nitrogens with two attached hydrogens (primary N) is 1. The van der Waals surface area contributed by atoms with Crippen molar-refractivity contribution < 1.29 is 4.79 Å². The van der Waals surface area contributed by atoms with Crippen LogP contribution in [0.25, 0.3) is 0 Å². The van der Waals surface area contributed by atoms with E-state index in [1.54, 1.807) is 0 Å². The molecule has 5 heteroatoms. The maximum absolute atomic E-state index is 11.9. The van der Waals surface area contributed by atoms with Gasteiger partial charge in [-0.2, -0.15) is 11.8 Å². The molecule has 106 valence electrons. The number of nitrogens with one attached hydrogen (secondary N) is 1. The normalized spacial score (nSPS) is 22.2. The third-order valence-electron chi connectivity index (χ3n) is 3.27. The van der Waals surface area contributed by atoms with Gasteiger partial charge in [-0.25, -0.2) is 0 Å². The highest BCUT2D eigenvalue weighted by Crippen LogP contribution is 2.23. The first kappa shape index (κ1) is 15.8. The molecule has 1 fully saturated rings. The van der Waals surface area contributed by atoms with E-state index in [1.165, 1.54) is 12.2 Å². The van der Waals surface area contributed by atoms with Gasteiger partial charge in [-0.1, -0.05) is 0 Å². The number of carbonyl (C=O) groups excluding carboxylic acids is 1. The molecule has 2 atom stereocenters. The van der Waals surface area contributed by atoms with Gasteiger partial charge in [0.15, 0.2) is 0 Å². The van der Waals surface area contributed by atoms with Crippen molar-refractivity contribution in [2.24, 2.45) is 5.73 Å². The molecule has 0 aromatic carbocycles. The summed E-state index contributed by atoms with van der Waals surface area (Å²) in [5.74, 6) is 2.48. The van der Waals surface area contributed by atoms with Gasteiger partial charge in [-0.05, 0) is 40.0 Å². The molecule has 1 aliphatic rings. The van der Waals surface area contributed by atoms with E-state index in [4.69, 9.17) is 5.73 Å². The molecule has 1 saturated heterocycles. The Bertz CT molecular complexity index is 272. The Kier molecular flexibility index (Phi) is 5.95. The number of carbonyl (C=O) groups is 1. The fourth-order valence-electron chi connectivity index (χ4n) is 2.22. The quantitative estimate of drug-likeness (QED) is 0.786. The average Bonchev–Trinajstić information content (AvgIpc) is 2.75. The monoisotopic (exact) mass is 273 g/mol. The topological polar surface area (TPSA) is 58.4 Å². The summed E-state index contributed by atoms with van der Waals surface area (Å²) in [7, 11) is 2.10. The van der Waals surface area contributed by atoms with Gasteiger partial charge in [0.05, 0.1) is 0 Å². The molecule has 0 aromatic rings. The Balaban J connectivity index is 2.47. The number of hydrogen-bond donors (Lipinski definition) is 2. The minimum absolute atomic E-state index is 0.0930. The van der Waals surface area contributed by atoms with E-state index in [-0.39, 0.29) is 17.5 Å². The fraction of sp³-hybridized carbons (Fsp3) is 0.923. The van der Waals surface area contributed by atoms with Gasteiger partial charge in [0.1, 0.15) is 0 Å². The number of thioether (sulfide) groups is 1. The molecule has 0 aromatic heterocycles. The lowest BCUT2D eigenvalue weighted by Gasteiger charge is -2.32. The average molecular weight is 273 g/mol. The number of rotatable bonds is 5. The predicted molar refractivity (Wildman–Crippen MR) is 78.8 cm³/mol. The van der Waals surface area contributed by atoms with Crippen LogP contribution >= 0.6 is 11.8 Å². The predicted octanol–water partition coefficient (Wildman–Crippen LogP) is 1.06. The zero-order valence-corrected chi connectivity index (χ0v) is 12.8. The molecule has 0 bridgehead atoms. The second-order valence-corrected chi connectivity index (χ2v) is 7.22. The summed E-state index contributed by atoms with van der Waals surface area (Å²) in [5.41, 5.74) is 5.66. The highest BCUT2D eigenvalue weighted by molar-refractivity contribution is 7.99. The minimum Gasteiger partial charge on any atom is -0.351 e.